The van der Waals surface area contributed by atoms with Crippen LogP contribution in [0.1, 0.15) is 29.8 Å². The zero-order chi connectivity index (χ0) is 25.1. The Bertz CT molecular complexity index is 1200. The number of carbonyl (C=O) groups is 1. The third kappa shape index (κ3) is 5.34. The van der Waals surface area contributed by atoms with Gasteiger partial charge >= 0.3 is 5.97 Å². The van der Waals surface area contributed by atoms with E-state index in [2.05, 4.69) is 26.7 Å². The van der Waals surface area contributed by atoms with Gasteiger partial charge in [0.15, 0.2) is 0 Å². The first kappa shape index (κ1) is 24.4. The molecule has 0 aliphatic carbocycles. The van der Waals surface area contributed by atoms with Crippen LogP contribution in [0.4, 0.5) is 22.0 Å². The third-order valence-corrected chi connectivity index (χ3v) is 6.02. The standard InChI is InChI=1S/C26H31FN6O2/c1-6-35-25(34)20-13-17(2)24(28-15-20)32-11-12-33(18(3)16-32)23-14-22(29-26(30-23)31(4)5)19-7-9-21(27)10-8-19/h7-10,13-15,18H,6,11-12,16H2,1-5H3/t18-/m1/s1. The molecule has 0 unspecified atom stereocenters. The van der Waals surface area contributed by atoms with Crippen LogP contribution in [-0.4, -0.2) is 67.3 Å². The normalized spacial score (nSPS) is 15.8. The maximum atomic E-state index is 13.5. The van der Waals surface area contributed by atoms with Gasteiger partial charge in [-0.05, 0) is 56.7 Å². The van der Waals surface area contributed by atoms with Crippen molar-refractivity contribution in [2.45, 2.75) is 26.8 Å². The zero-order valence-corrected chi connectivity index (χ0v) is 20.8. The van der Waals surface area contributed by atoms with Gasteiger partial charge < -0.3 is 19.4 Å². The van der Waals surface area contributed by atoms with Gasteiger partial charge in [0.1, 0.15) is 17.5 Å². The molecular formula is C26H31FN6O2. The molecule has 0 saturated carbocycles. The monoisotopic (exact) mass is 478 g/mol. The molecule has 4 rings (SSSR count). The van der Waals surface area contributed by atoms with E-state index in [1.807, 2.05) is 38.1 Å². The second-order valence-corrected chi connectivity index (χ2v) is 8.89. The molecule has 8 nitrogen and oxygen atoms in total. The summed E-state index contributed by atoms with van der Waals surface area (Å²) in [6, 6.07) is 10.3. The molecule has 1 aromatic carbocycles. The molecular weight excluding hydrogens is 447 g/mol. The Morgan fingerprint density at radius 3 is 2.54 bits per heavy atom. The SMILES string of the molecule is CCOC(=O)c1cnc(N2CCN(c3cc(-c4ccc(F)cc4)nc(N(C)C)n3)[C@H](C)C2)c(C)c1. The van der Waals surface area contributed by atoms with Gasteiger partial charge in [-0.1, -0.05) is 0 Å². The summed E-state index contributed by atoms with van der Waals surface area (Å²) in [5.74, 6) is 1.67. The van der Waals surface area contributed by atoms with E-state index in [-0.39, 0.29) is 17.8 Å². The van der Waals surface area contributed by atoms with E-state index in [1.54, 1.807) is 25.3 Å². The highest BCUT2D eigenvalue weighted by Crippen LogP contribution is 2.29. The second-order valence-electron chi connectivity index (χ2n) is 8.89. The van der Waals surface area contributed by atoms with Crippen molar-refractivity contribution in [1.82, 2.24) is 15.0 Å². The number of aromatic nitrogens is 3. The van der Waals surface area contributed by atoms with E-state index in [9.17, 15) is 9.18 Å². The van der Waals surface area contributed by atoms with Crippen molar-refractivity contribution in [3.8, 4) is 11.3 Å². The number of ether oxygens (including phenoxy) is 1. The van der Waals surface area contributed by atoms with Crippen LogP contribution in [0.2, 0.25) is 0 Å². The topological polar surface area (TPSA) is 74.7 Å². The Hall–Kier alpha value is -3.75. The Labute approximate surface area is 205 Å². The first-order valence-corrected chi connectivity index (χ1v) is 11.7. The van der Waals surface area contributed by atoms with Crippen LogP contribution in [-0.2, 0) is 4.74 Å². The smallest absolute Gasteiger partial charge is 0.339 e. The van der Waals surface area contributed by atoms with Crippen LogP contribution in [0, 0.1) is 12.7 Å². The molecule has 0 N–H and O–H groups in total. The minimum absolute atomic E-state index is 0.153. The number of hydrogen-bond acceptors (Lipinski definition) is 8. The van der Waals surface area contributed by atoms with Crippen LogP contribution in [0.5, 0.6) is 0 Å². The average molecular weight is 479 g/mol. The number of benzene rings is 1. The molecule has 3 heterocycles. The number of carbonyl (C=O) groups excluding carboxylic acids is 1. The lowest BCUT2D eigenvalue weighted by Gasteiger charge is -2.41. The maximum absolute atomic E-state index is 13.5. The lowest BCUT2D eigenvalue weighted by atomic mass is 10.1. The summed E-state index contributed by atoms with van der Waals surface area (Å²) in [4.78, 5) is 32.5. The van der Waals surface area contributed by atoms with Crippen LogP contribution in [0.25, 0.3) is 11.3 Å². The van der Waals surface area contributed by atoms with Gasteiger partial charge in [-0.2, -0.15) is 4.98 Å². The van der Waals surface area contributed by atoms with Crippen LogP contribution < -0.4 is 14.7 Å². The van der Waals surface area contributed by atoms with Gasteiger partial charge in [0.05, 0.1) is 17.9 Å². The Balaban J connectivity index is 1.57. The lowest BCUT2D eigenvalue weighted by Crippen LogP contribution is -2.53. The number of aryl methyl sites for hydroxylation is 1. The molecule has 9 heteroatoms. The van der Waals surface area contributed by atoms with E-state index in [1.165, 1.54) is 12.1 Å². The van der Waals surface area contributed by atoms with E-state index in [0.29, 0.717) is 18.1 Å². The van der Waals surface area contributed by atoms with E-state index < -0.39 is 0 Å². The summed E-state index contributed by atoms with van der Waals surface area (Å²) in [6.07, 6.45) is 1.58. The Kier molecular flexibility index (Phi) is 7.14. The molecule has 1 fully saturated rings. The number of halogens is 1. The summed E-state index contributed by atoms with van der Waals surface area (Å²) in [7, 11) is 3.81. The fourth-order valence-corrected chi connectivity index (χ4v) is 4.25. The number of anilines is 3. The summed E-state index contributed by atoms with van der Waals surface area (Å²) in [5, 5.41) is 0. The highest BCUT2D eigenvalue weighted by molar-refractivity contribution is 5.89. The van der Waals surface area contributed by atoms with Crippen molar-refractivity contribution in [3.63, 3.8) is 0 Å². The van der Waals surface area contributed by atoms with Crippen molar-refractivity contribution < 1.29 is 13.9 Å². The first-order valence-electron chi connectivity index (χ1n) is 11.7. The molecule has 0 bridgehead atoms. The van der Waals surface area contributed by atoms with Crippen molar-refractivity contribution in [3.05, 3.63) is 59.5 Å². The molecule has 1 aliphatic heterocycles. The van der Waals surface area contributed by atoms with Crippen LogP contribution in [0.15, 0.2) is 42.6 Å². The first-order chi connectivity index (χ1) is 16.8. The van der Waals surface area contributed by atoms with Gasteiger partial charge in [-0.25, -0.2) is 19.2 Å². The highest BCUT2D eigenvalue weighted by atomic mass is 19.1. The number of piperazine rings is 1. The van der Waals surface area contributed by atoms with Gasteiger partial charge in [-0.15, -0.1) is 0 Å². The molecule has 35 heavy (non-hydrogen) atoms. The quantitative estimate of drug-likeness (QED) is 0.493. The molecule has 3 aromatic rings. The summed E-state index contributed by atoms with van der Waals surface area (Å²) in [6.45, 7) is 8.49. The lowest BCUT2D eigenvalue weighted by molar-refractivity contribution is 0.0526. The summed E-state index contributed by atoms with van der Waals surface area (Å²) >= 11 is 0. The van der Waals surface area contributed by atoms with Crippen molar-refractivity contribution in [2.75, 3.05) is 55.0 Å². The predicted octanol–water partition coefficient (Wildman–Crippen LogP) is 3.94. The second kappa shape index (κ2) is 10.2. The van der Waals surface area contributed by atoms with Gasteiger partial charge in [0, 0.05) is 57.6 Å². The average Bonchev–Trinajstić information content (AvgIpc) is 2.84. The summed E-state index contributed by atoms with van der Waals surface area (Å²) in [5.41, 5.74) is 2.99. The molecule has 0 radical (unpaired) electrons. The van der Waals surface area contributed by atoms with Crippen molar-refractivity contribution in [2.24, 2.45) is 0 Å². The molecule has 1 saturated heterocycles. The van der Waals surface area contributed by atoms with Gasteiger partial charge in [0.25, 0.3) is 0 Å². The van der Waals surface area contributed by atoms with Crippen molar-refractivity contribution in [1.29, 1.82) is 0 Å². The maximum Gasteiger partial charge on any atom is 0.339 e. The number of nitrogens with zero attached hydrogens (tertiary/aromatic N) is 6. The minimum atomic E-state index is -0.356. The third-order valence-electron chi connectivity index (χ3n) is 6.02. The fraction of sp³-hybridized carbons (Fsp3) is 0.385. The fourth-order valence-electron chi connectivity index (χ4n) is 4.25. The number of rotatable bonds is 6. The van der Waals surface area contributed by atoms with E-state index in [0.717, 1.165) is 48.1 Å². The molecule has 184 valence electrons. The molecule has 1 aliphatic rings. The molecule has 1 atom stereocenters. The molecule has 2 aromatic heterocycles. The van der Waals surface area contributed by atoms with Gasteiger partial charge in [-0.3, -0.25) is 0 Å². The highest BCUT2D eigenvalue weighted by Gasteiger charge is 2.27. The number of hydrogen-bond donors (Lipinski definition) is 0. The predicted molar refractivity (Wildman–Crippen MR) is 136 cm³/mol. The Morgan fingerprint density at radius 2 is 1.91 bits per heavy atom. The minimum Gasteiger partial charge on any atom is -0.462 e. The van der Waals surface area contributed by atoms with E-state index >= 15 is 0 Å². The largest absolute Gasteiger partial charge is 0.462 e. The Morgan fingerprint density at radius 1 is 1.17 bits per heavy atom. The number of pyridine rings is 1. The number of esters is 1. The molecule has 0 amide bonds. The van der Waals surface area contributed by atoms with E-state index in [4.69, 9.17) is 9.72 Å². The van der Waals surface area contributed by atoms with Crippen molar-refractivity contribution >= 4 is 23.6 Å². The van der Waals surface area contributed by atoms with Gasteiger partial charge in [0.2, 0.25) is 5.95 Å². The van der Waals surface area contributed by atoms with Crippen LogP contribution in [0.3, 0.4) is 0 Å². The summed E-state index contributed by atoms with van der Waals surface area (Å²) < 4.78 is 18.5. The molecule has 0 spiro atoms. The van der Waals surface area contributed by atoms with Crippen LogP contribution >= 0.6 is 0 Å². The zero-order valence-electron chi connectivity index (χ0n) is 20.8.